The van der Waals surface area contributed by atoms with Gasteiger partial charge in [-0.3, -0.25) is 0 Å². The van der Waals surface area contributed by atoms with E-state index in [9.17, 15) is 0 Å². The van der Waals surface area contributed by atoms with Gasteiger partial charge in [0.2, 0.25) is 0 Å². The molecule has 2 rings (SSSR count). The van der Waals surface area contributed by atoms with Crippen molar-refractivity contribution in [1.82, 2.24) is 5.32 Å². The number of hydrogen-bond donors (Lipinski definition) is 1. The molecule has 1 aliphatic rings. The topological polar surface area (TPSA) is 25.2 Å². The van der Waals surface area contributed by atoms with Crippen LogP contribution in [-0.4, -0.2) is 6.54 Å². The third-order valence-corrected chi connectivity index (χ3v) is 4.75. The van der Waals surface area contributed by atoms with Gasteiger partial charge < -0.3 is 9.73 Å². The number of nitrogens with one attached hydrogen (secondary N) is 1. The summed E-state index contributed by atoms with van der Waals surface area (Å²) in [5.41, 5.74) is 0.402. The Morgan fingerprint density at radius 3 is 2.82 bits per heavy atom. The van der Waals surface area contributed by atoms with Crippen LogP contribution in [0.25, 0.3) is 0 Å². The highest BCUT2D eigenvalue weighted by Crippen LogP contribution is 2.49. The molecule has 2 nitrogen and oxygen atoms in total. The van der Waals surface area contributed by atoms with E-state index in [0.29, 0.717) is 17.4 Å². The minimum Gasteiger partial charge on any atom is -0.466 e. The molecule has 2 atom stereocenters. The standard InChI is InChI=1S/C14H22BrNO/c1-4-16-12(13-11(15)7-9-17-13)10-6-5-8-14(10,2)3/h7,9-10,12,16H,4-6,8H2,1-3H3. The number of furan rings is 1. The predicted molar refractivity (Wildman–Crippen MR) is 73.9 cm³/mol. The van der Waals surface area contributed by atoms with Crippen LogP contribution in [0.4, 0.5) is 0 Å². The van der Waals surface area contributed by atoms with Crippen molar-refractivity contribution in [1.29, 1.82) is 0 Å². The van der Waals surface area contributed by atoms with Gasteiger partial charge in [-0.1, -0.05) is 27.2 Å². The Kier molecular flexibility index (Phi) is 3.99. The van der Waals surface area contributed by atoms with Crippen LogP contribution in [0.3, 0.4) is 0 Å². The van der Waals surface area contributed by atoms with E-state index in [1.54, 1.807) is 6.26 Å². The summed E-state index contributed by atoms with van der Waals surface area (Å²) in [6.45, 7) is 7.90. The zero-order valence-corrected chi connectivity index (χ0v) is 12.5. The summed E-state index contributed by atoms with van der Waals surface area (Å²) < 4.78 is 6.76. The summed E-state index contributed by atoms with van der Waals surface area (Å²) in [5.74, 6) is 1.72. The molecule has 17 heavy (non-hydrogen) atoms. The maximum atomic E-state index is 5.68. The summed E-state index contributed by atoms with van der Waals surface area (Å²) in [7, 11) is 0. The maximum absolute atomic E-state index is 5.68. The molecule has 1 aliphatic carbocycles. The molecule has 0 radical (unpaired) electrons. The van der Waals surface area contributed by atoms with Gasteiger partial charge in [-0.05, 0) is 52.7 Å². The Morgan fingerprint density at radius 2 is 2.35 bits per heavy atom. The first-order valence-electron chi connectivity index (χ1n) is 6.52. The van der Waals surface area contributed by atoms with Crippen LogP contribution in [0.1, 0.15) is 51.8 Å². The lowest BCUT2D eigenvalue weighted by Crippen LogP contribution is -2.33. The van der Waals surface area contributed by atoms with Gasteiger partial charge in [-0.2, -0.15) is 0 Å². The van der Waals surface area contributed by atoms with Crippen LogP contribution in [0.5, 0.6) is 0 Å². The second kappa shape index (κ2) is 5.15. The molecule has 1 fully saturated rings. The fourth-order valence-corrected chi connectivity index (χ4v) is 3.58. The molecule has 1 heterocycles. The Bertz CT molecular complexity index is 372. The Hall–Kier alpha value is -0.280. The van der Waals surface area contributed by atoms with E-state index >= 15 is 0 Å². The maximum Gasteiger partial charge on any atom is 0.135 e. The second-order valence-electron chi connectivity index (χ2n) is 5.66. The summed E-state index contributed by atoms with van der Waals surface area (Å²) in [6, 6.07) is 2.32. The van der Waals surface area contributed by atoms with Gasteiger partial charge in [0.25, 0.3) is 0 Å². The minimum atomic E-state index is 0.335. The van der Waals surface area contributed by atoms with Crippen molar-refractivity contribution in [3.05, 3.63) is 22.6 Å². The SMILES string of the molecule is CCNC(c1occc1Br)C1CCCC1(C)C. The molecule has 1 aromatic rings. The van der Waals surface area contributed by atoms with Crippen molar-refractivity contribution in [2.45, 2.75) is 46.1 Å². The van der Waals surface area contributed by atoms with Crippen molar-refractivity contribution in [2.24, 2.45) is 11.3 Å². The van der Waals surface area contributed by atoms with Gasteiger partial charge in [-0.25, -0.2) is 0 Å². The highest BCUT2D eigenvalue weighted by atomic mass is 79.9. The van der Waals surface area contributed by atoms with Crippen LogP contribution in [0.2, 0.25) is 0 Å². The van der Waals surface area contributed by atoms with Gasteiger partial charge in [0.05, 0.1) is 16.8 Å². The van der Waals surface area contributed by atoms with Crippen LogP contribution in [0, 0.1) is 11.3 Å². The largest absolute Gasteiger partial charge is 0.466 e. The average molecular weight is 300 g/mol. The third-order valence-electron chi connectivity index (χ3n) is 4.09. The molecule has 0 spiro atoms. The molecule has 0 aromatic carbocycles. The van der Waals surface area contributed by atoms with Gasteiger partial charge in [0, 0.05) is 0 Å². The number of halogens is 1. The second-order valence-corrected chi connectivity index (χ2v) is 6.51. The lowest BCUT2D eigenvalue weighted by molar-refractivity contribution is 0.181. The molecule has 3 heteroatoms. The van der Waals surface area contributed by atoms with E-state index in [1.165, 1.54) is 19.3 Å². The molecule has 1 N–H and O–H groups in total. The zero-order valence-electron chi connectivity index (χ0n) is 10.9. The lowest BCUT2D eigenvalue weighted by Gasteiger charge is -2.33. The van der Waals surface area contributed by atoms with Gasteiger partial charge >= 0.3 is 0 Å². The van der Waals surface area contributed by atoms with Crippen molar-refractivity contribution in [3.8, 4) is 0 Å². The molecule has 1 saturated carbocycles. The Balaban J connectivity index is 2.26. The summed E-state index contributed by atoms with van der Waals surface area (Å²) >= 11 is 3.59. The van der Waals surface area contributed by atoms with Gasteiger partial charge in [-0.15, -0.1) is 0 Å². The van der Waals surface area contributed by atoms with Crippen LogP contribution >= 0.6 is 15.9 Å². The first-order chi connectivity index (χ1) is 8.06. The summed E-state index contributed by atoms with van der Waals surface area (Å²) in [4.78, 5) is 0. The minimum absolute atomic E-state index is 0.335. The molecule has 1 aromatic heterocycles. The first kappa shape index (κ1) is 13.2. The van der Waals surface area contributed by atoms with Gasteiger partial charge in [0.1, 0.15) is 5.76 Å². The van der Waals surface area contributed by atoms with E-state index in [0.717, 1.165) is 16.8 Å². The predicted octanol–water partition coefficient (Wildman–Crippen LogP) is 4.52. The highest BCUT2D eigenvalue weighted by Gasteiger charge is 2.41. The van der Waals surface area contributed by atoms with Crippen LogP contribution in [-0.2, 0) is 0 Å². The quantitative estimate of drug-likeness (QED) is 0.884. The average Bonchev–Trinajstić information content (AvgIpc) is 2.81. The first-order valence-corrected chi connectivity index (χ1v) is 7.32. The van der Waals surface area contributed by atoms with Crippen molar-refractivity contribution in [3.63, 3.8) is 0 Å². The summed E-state index contributed by atoms with van der Waals surface area (Å²) in [6.07, 6.45) is 5.71. The van der Waals surface area contributed by atoms with Crippen molar-refractivity contribution < 1.29 is 4.42 Å². The van der Waals surface area contributed by atoms with E-state index < -0.39 is 0 Å². The zero-order chi connectivity index (χ0) is 12.5. The number of hydrogen-bond acceptors (Lipinski definition) is 2. The molecule has 2 unspecified atom stereocenters. The molecule has 96 valence electrons. The van der Waals surface area contributed by atoms with Crippen molar-refractivity contribution >= 4 is 15.9 Å². The van der Waals surface area contributed by atoms with Gasteiger partial charge in [0.15, 0.2) is 0 Å². The normalized spacial score (nSPS) is 25.1. The highest BCUT2D eigenvalue weighted by molar-refractivity contribution is 9.10. The van der Waals surface area contributed by atoms with Crippen LogP contribution < -0.4 is 5.32 Å². The van der Waals surface area contributed by atoms with E-state index in [2.05, 4.69) is 42.0 Å². The van der Waals surface area contributed by atoms with Crippen LogP contribution in [0.15, 0.2) is 21.2 Å². The van der Waals surface area contributed by atoms with Crippen molar-refractivity contribution in [2.75, 3.05) is 6.54 Å². The molecule has 0 bridgehead atoms. The van der Waals surface area contributed by atoms with E-state index in [4.69, 9.17) is 4.42 Å². The molecule has 0 amide bonds. The Morgan fingerprint density at radius 1 is 1.59 bits per heavy atom. The van der Waals surface area contributed by atoms with E-state index in [-0.39, 0.29) is 0 Å². The fraction of sp³-hybridized carbons (Fsp3) is 0.714. The third kappa shape index (κ3) is 2.60. The molecule has 0 saturated heterocycles. The fourth-order valence-electron chi connectivity index (χ4n) is 3.14. The molecular formula is C14H22BrNO. The smallest absolute Gasteiger partial charge is 0.135 e. The Labute approximate surface area is 112 Å². The number of rotatable bonds is 4. The molecular weight excluding hydrogens is 278 g/mol. The summed E-state index contributed by atoms with van der Waals surface area (Å²) in [5, 5.41) is 3.60. The molecule has 0 aliphatic heterocycles. The lowest BCUT2D eigenvalue weighted by atomic mass is 9.77. The monoisotopic (exact) mass is 299 g/mol. The van der Waals surface area contributed by atoms with E-state index in [1.807, 2.05) is 6.07 Å².